The van der Waals surface area contributed by atoms with E-state index in [2.05, 4.69) is 15.6 Å². The molecule has 7 nitrogen and oxygen atoms in total. The van der Waals surface area contributed by atoms with Gasteiger partial charge in [-0.25, -0.2) is 0 Å². The number of hydrogen-bond donors (Lipinski definition) is 2. The predicted octanol–water partition coefficient (Wildman–Crippen LogP) is 1.03. The molecule has 1 aliphatic heterocycles. The zero-order valence-electron chi connectivity index (χ0n) is 14.4. The lowest BCUT2D eigenvalue weighted by Crippen LogP contribution is -2.45. The summed E-state index contributed by atoms with van der Waals surface area (Å²) >= 11 is 0. The molecule has 2 heterocycles. The van der Waals surface area contributed by atoms with E-state index < -0.39 is 0 Å². The number of pyridine rings is 1. The molecule has 0 bridgehead atoms. The highest BCUT2D eigenvalue weighted by atomic mass is 16.2. The van der Waals surface area contributed by atoms with Gasteiger partial charge in [0.15, 0.2) is 0 Å². The van der Waals surface area contributed by atoms with Crippen molar-refractivity contribution in [2.75, 3.05) is 25.0 Å². The molecule has 2 aliphatic rings. The first-order valence-electron chi connectivity index (χ1n) is 8.81. The fourth-order valence-corrected chi connectivity index (χ4v) is 3.16. The van der Waals surface area contributed by atoms with Crippen LogP contribution in [0.3, 0.4) is 0 Å². The minimum absolute atomic E-state index is 0.0191. The number of piperidine rings is 1. The van der Waals surface area contributed by atoms with Gasteiger partial charge in [-0.15, -0.1) is 0 Å². The average Bonchev–Trinajstić information content (AvgIpc) is 3.37. The number of hydrogen-bond acceptors (Lipinski definition) is 4. The molecule has 25 heavy (non-hydrogen) atoms. The van der Waals surface area contributed by atoms with Crippen molar-refractivity contribution in [3.63, 3.8) is 0 Å². The molecule has 1 aromatic heterocycles. The van der Waals surface area contributed by atoms with Crippen LogP contribution >= 0.6 is 0 Å². The van der Waals surface area contributed by atoms with Crippen molar-refractivity contribution in [1.82, 2.24) is 15.2 Å². The van der Waals surface area contributed by atoms with Crippen molar-refractivity contribution < 1.29 is 14.4 Å². The Morgan fingerprint density at radius 1 is 1.16 bits per heavy atom. The van der Waals surface area contributed by atoms with Crippen LogP contribution in [-0.4, -0.2) is 47.2 Å². The summed E-state index contributed by atoms with van der Waals surface area (Å²) in [5.74, 6) is 0.302. The summed E-state index contributed by atoms with van der Waals surface area (Å²) in [6.07, 6.45) is 5.45. The topological polar surface area (TPSA) is 91.4 Å². The van der Waals surface area contributed by atoms with Gasteiger partial charge in [-0.2, -0.15) is 0 Å². The molecule has 2 fully saturated rings. The molecule has 0 spiro atoms. The predicted molar refractivity (Wildman–Crippen MR) is 92.5 cm³/mol. The summed E-state index contributed by atoms with van der Waals surface area (Å²) in [5, 5.41) is 5.60. The Bertz CT molecular complexity index is 641. The van der Waals surface area contributed by atoms with Crippen LogP contribution < -0.4 is 10.6 Å². The highest BCUT2D eigenvalue weighted by Crippen LogP contribution is 2.37. The van der Waals surface area contributed by atoms with Crippen LogP contribution in [0.25, 0.3) is 0 Å². The van der Waals surface area contributed by atoms with E-state index in [1.165, 1.54) is 0 Å². The number of anilines is 1. The van der Waals surface area contributed by atoms with Gasteiger partial charge in [0.2, 0.25) is 17.7 Å². The second kappa shape index (κ2) is 7.63. The maximum atomic E-state index is 12.3. The third-order valence-corrected chi connectivity index (χ3v) is 5.03. The molecule has 1 saturated carbocycles. The van der Waals surface area contributed by atoms with E-state index in [0.29, 0.717) is 31.8 Å². The molecule has 7 heteroatoms. The van der Waals surface area contributed by atoms with Gasteiger partial charge in [-0.3, -0.25) is 19.4 Å². The summed E-state index contributed by atoms with van der Waals surface area (Å²) in [4.78, 5) is 41.9. The Morgan fingerprint density at radius 2 is 1.80 bits per heavy atom. The number of carbonyl (C=O) groups is 3. The SMILES string of the molecule is C[C@H]1C[C@H]1C(=O)NCC(=O)N1CCC(C(=O)Nc2ccncc2)CC1. The van der Waals surface area contributed by atoms with Crippen molar-refractivity contribution >= 4 is 23.4 Å². The molecule has 2 N–H and O–H groups in total. The molecular weight excluding hydrogens is 320 g/mol. The molecule has 1 aromatic rings. The largest absolute Gasteiger partial charge is 0.347 e. The van der Waals surface area contributed by atoms with E-state index in [9.17, 15) is 14.4 Å². The maximum Gasteiger partial charge on any atom is 0.241 e. The first-order chi connectivity index (χ1) is 12.0. The van der Waals surface area contributed by atoms with Gasteiger partial charge in [-0.05, 0) is 37.3 Å². The van der Waals surface area contributed by atoms with Crippen LogP contribution in [0.5, 0.6) is 0 Å². The lowest BCUT2D eigenvalue weighted by Gasteiger charge is -2.31. The molecular formula is C18H24N4O3. The summed E-state index contributed by atoms with van der Waals surface area (Å²) in [5.41, 5.74) is 0.732. The highest BCUT2D eigenvalue weighted by molar-refractivity contribution is 5.92. The number of carbonyl (C=O) groups excluding carboxylic acids is 3. The summed E-state index contributed by atoms with van der Waals surface area (Å²) in [6, 6.07) is 3.50. The summed E-state index contributed by atoms with van der Waals surface area (Å²) in [7, 11) is 0. The monoisotopic (exact) mass is 344 g/mol. The number of amides is 3. The van der Waals surface area contributed by atoms with E-state index in [0.717, 1.165) is 12.1 Å². The van der Waals surface area contributed by atoms with Gasteiger partial charge < -0.3 is 15.5 Å². The maximum absolute atomic E-state index is 12.3. The van der Waals surface area contributed by atoms with Crippen LogP contribution in [0.15, 0.2) is 24.5 Å². The van der Waals surface area contributed by atoms with E-state index >= 15 is 0 Å². The van der Waals surface area contributed by atoms with Crippen molar-refractivity contribution in [3.05, 3.63) is 24.5 Å². The van der Waals surface area contributed by atoms with Crippen molar-refractivity contribution in [3.8, 4) is 0 Å². The van der Waals surface area contributed by atoms with Crippen LogP contribution in [0.2, 0.25) is 0 Å². The van der Waals surface area contributed by atoms with Crippen LogP contribution in [0.4, 0.5) is 5.69 Å². The minimum Gasteiger partial charge on any atom is -0.347 e. The molecule has 2 atom stereocenters. The van der Waals surface area contributed by atoms with Crippen molar-refractivity contribution in [2.45, 2.75) is 26.2 Å². The van der Waals surface area contributed by atoms with Crippen molar-refractivity contribution in [1.29, 1.82) is 0 Å². The van der Waals surface area contributed by atoms with E-state index in [-0.39, 0.29) is 36.1 Å². The Morgan fingerprint density at radius 3 is 2.40 bits per heavy atom. The molecule has 3 rings (SSSR count). The molecule has 1 saturated heterocycles. The van der Waals surface area contributed by atoms with Crippen LogP contribution in [-0.2, 0) is 14.4 Å². The Kier molecular flexibility index (Phi) is 5.31. The average molecular weight is 344 g/mol. The summed E-state index contributed by atoms with van der Waals surface area (Å²) in [6.45, 7) is 3.18. The number of likely N-dealkylation sites (tertiary alicyclic amines) is 1. The van der Waals surface area contributed by atoms with Crippen molar-refractivity contribution in [2.24, 2.45) is 17.8 Å². The van der Waals surface area contributed by atoms with Gasteiger partial charge in [0.05, 0.1) is 6.54 Å². The highest BCUT2D eigenvalue weighted by Gasteiger charge is 2.39. The van der Waals surface area contributed by atoms with E-state index in [4.69, 9.17) is 0 Å². The van der Waals surface area contributed by atoms with E-state index in [1.807, 2.05) is 6.92 Å². The lowest BCUT2D eigenvalue weighted by atomic mass is 9.95. The normalized spacial score (nSPS) is 23.0. The first kappa shape index (κ1) is 17.4. The number of aromatic nitrogens is 1. The molecule has 0 unspecified atom stereocenters. The molecule has 1 aliphatic carbocycles. The van der Waals surface area contributed by atoms with Gasteiger partial charge in [-0.1, -0.05) is 6.92 Å². The smallest absolute Gasteiger partial charge is 0.241 e. The standard InChI is InChI=1S/C18H24N4O3/c1-12-10-15(12)18(25)20-11-16(23)22-8-4-13(5-9-22)17(24)21-14-2-6-19-7-3-14/h2-3,6-7,12-13,15H,4-5,8-11H2,1H3,(H,20,25)(H,19,21,24)/t12-,15+/m0/s1. The molecule has 0 radical (unpaired) electrons. The number of nitrogens with zero attached hydrogens (tertiary/aromatic N) is 2. The molecule has 0 aromatic carbocycles. The van der Waals surface area contributed by atoms with Crippen LogP contribution in [0.1, 0.15) is 26.2 Å². The zero-order chi connectivity index (χ0) is 17.8. The van der Waals surface area contributed by atoms with Crippen LogP contribution in [0, 0.1) is 17.8 Å². The summed E-state index contributed by atoms with van der Waals surface area (Å²) < 4.78 is 0. The second-order valence-corrected chi connectivity index (χ2v) is 6.92. The Balaban J connectivity index is 1.39. The Labute approximate surface area is 147 Å². The third-order valence-electron chi connectivity index (χ3n) is 5.03. The Hall–Kier alpha value is -2.44. The van der Waals surface area contributed by atoms with Gasteiger partial charge in [0, 0.05) is 43.0 Å². The lowest BCUT2D eigenvalue weighted by molar-refractivity contribution is -0.135. The van der Waals surface area contributed by atoms with Gasteiger partial charge in [0.25, 0.3) is 0 Å². The van der Waals surface area contributed by atoms with Gasteiger partial charge in [0.1, 0.15) is 0 Å². The molecule has 134 valence electrons. The fourth-order valence-electron chi connectivity index (χ4n) is 3.16. The molecule has 3 amide bonds. The fraction of sp³-hybridized carbons (Fsp3) is 0.556. The number of rotatable bonds is 5. The van der Waals surface area contributed by atoms with Gasteiger partial charge >= 0.3 is 0 Å². The zero-order valence-corrected chi connectivity index (χ0v) is 14.4. The minimum atomic E-state index is -0.0980. The first-order valence-corrected chi connectivity index (χ1v) is 8.81. The quantitative estimate of drug-likeness (QED) is 0.835. The van der Waals surface area contributed by atoms with E-state index in [1.54, 1.807) is 29.4 Å². The number of nitrogens with one attached hydrogen (secondary N) is 2. The second-order valence-electron chi connectivity index (χ2n) is 6.92. The third kappa shape index (κ3) is 4.55.